The smallest absolute Gasteiger partial charge is 0.397 e. The average Bonchev–Trinajstić information content (AvgIpc) is 0.756. The van der Waals surface area contributed by atoms with E-state index in [4.69, 9.17) is 66.3 Å². The first-order valence-electron chi connectivity index (χ1n) is 32.4. The first-order chi connectivity index (χ1) is 57.0. The van der Waals surface area contributed by atoms with Crippen LogP contribution in [0.2, 0.25) is 0 Å². The number of ether oxygens (including phenoxy) is 14. The number of carbonyl (C=O) groups is 3. The second-order valence-corrected chi connectivity index (χ2v) is 37.7. The summed E-state index contributed by atoms with van der Waals surface area (Å²) in [5, 5.41) is 131. The summed E-state index contributed by atoms with van der Waals surface area (Å²) >= 11 is 0. The van der Waals surface area contributed by atoms with Gasteiger partial charge in [-0.3, -0.25) is 30.4 Å². The summed E-state index contributed by atoms with van der Waals surface area (Å²) in [5.41, 5.74) is 0. The van der Waals surface area contributed by atoms with Crippen LogP contribution in [0.1, 0.15) is 0 Å². The fourth-order valence-corrected chi connectivity index (χ4v) is 17.5. The molecule has 7 heterocycles. The topological polar surface area (TPSA) is 1140 Å². The standard InChI is InChI=1S/C43H72N4O68S11/c1-95-37-11(45-117(65,66)67)16(50)22(7(101-37)3-97-121(77,78)79)104-41-29(114-125(89,90)91)20(54)26(32(111-41)35(58)59)108-39-13(47-119(71,72)73)18(52)24(9(103-39)5-99-123(83,84)85)106-43-30(115-126(92,93)94)21(55)27(33(112-43)36(60)61)109-40-12(46-118(68,69)70)17(51)23(8(102-40)4-98-122(80,81)82)105-42-28(113-124(86,87)88)19(53)25(31(110-42)34(56)57)107-38-10(44-116(62,63)64)15(49)14(48)6(100-38)2-96-120(74,75)76/h6-33,37-55H,2-5H2,1H3,(H,56,57)(H,58,59)(H,60,61)(H,62,63,64)(H,65,66,67)(H,68,69,70)(H,71,72,73)(H,74,75,76)(H,77,78,79)(H,80,81,82)(H,83,84,85)(H,86,87,88)(H,89,90,91)(H,92,93,94)/p-11/t6-,7-,8-,9-,10-,11-,12-,13-,14-,15-,16-,17-,18-,19+,20+,21+,22-,23-,24-,25+,26+,27+,28-,29-,30-,31-,32-,33-,37+,38-,39-,40-,41-,42-,43-/m1/s1. The van der Waals surface area contributed by atoms with Crippen LogP contribution >= 0.6 is 0 Å². The monoisotopic (exact) mass is 2070 g/mol. The molecule has 0 aromatic carbocycles. The Morgan fingerprint density at radius 3 is 0.698 bits per heavy atom. The number of hydrogen-bond acceptors (Lipinski definition) is 65. The van der Waals surface area contributed by atoms with E-state index in [9.17, 15) is 213 Å². The number of nitrogens with one attached hydrogen (secondary N) is 4. The van der Waals surface area contributed by atoms with E-state index in [1.165, 1.54) is 4.72 Å². The molecule has 15 N–H and O–H groups in total. The van der Waals surface area contributed by atoms with Crippen molar-refractivity contribution in [2.75, 3.05) is 33.5 Å². The molecule has 738 valence electrons. The Balaban J connectivity index is 1.26. The third kappa shape index (κ3) is 31.4. The summed E-state index contributed by atoms with van der Waals surface area (Å²) in [4.78, 5) is 39.1. The predicted molar refractivity (Wildman–Crippen MR) is 338 cm³/mol. The predicted octanol–water partition coefficient (Wildman–Crippen LogP) is -25.7. The van der Waals surface area contributed by atoms with Crippen molar-refractivity contribution >= 4 is 132 Å². The number of aliphatic carboxylic acids is 3. The highest BCUT2D eigenvalue weighted by Gasteiger charge is 2.62. The van der Waals surface area contributed by atoms with Gasteiger partial charge < -0.3 is 173 Å². The first-order valence-corrected chi connectivity index (χ1v) is 47.5. The van der Waals surface area contributed by atoms with Crippen LogP contribution in [0, 0.1) is 0 Å². The van der Waals surface area contributed by atoms with Gasteiger partial charge in [0.1, 0.15) is 152 Å². The molecule has 7 aliphatic heterocycles. The molecule has 7 aliphatic rings. The highest BCUT2D eigenvalue weighted by atomic mass is 32.3. The fraction of sp³-hybridized carbons (Fsp3) is 0.930. The SMILES string of the molecule is CO[C@H]1O[C@H](COS(=O)(=O)[O-])[C@@H](O[C@@H]2O[C@@H](C(=O)[O-])[C@@H](O[C@H]3O[C@H](COS(=O)(=O)[O-])[C@@H](O[C@@H]4O[C@@H](C(=O)[O-])[C@@H](O[C@H]5O[C@H](COS(=O)(=O)[O-])[C@@H](O[C@@H]6O[C@@H](C(=O)[O-])[C@@H](O[C@H]7O[C@H](COS(=O)(=O)[O-])[C@@H](O)[C@H](O)[C@H]7NS(=O)(=O)[O-])[C@H](O)[C@H]6OS(=O)(=O)O)[C@H](O)[C@H]5NS(=O)(=O)[O-])[C@H](O)[C@H]4OS(=O)(=O)O)[C@H](O)[C@H]3NS(=O)(=O)[O-])[C@H](O)[C@H]2OS(=O)(=O)O)[C@H](O)[C@H]1NS(=O)(=O)[O-]. The molecule has 0 amide bonds. The van der Waals surface area contributed by atoms with Gasteiger partial charge >= 0.3 is 31.2 Å². The van der Waals surface area contributed by atoms with Crippen LogP contribution in [0.3, 0.4) is 0 Å². The Labute approximate surface area is 704 Å². The summed E-state index contributed by atoms with van der Waals surface area (Å²) < 4.78 is 497. The number of carboxylic acids is 3. The minimum absolute atomic E-state index is 0.645. The Morgan fingerprint density at radius 2 is 0.484 bits per heavy atom. The number of aliphatic hydroxyl groups is 8. The van der Waals surface area contributed by atoms with Gasteiger partial charge in [-0.25, -0.2) is 98.8 Å². The number of carboxylic acid groups (broad SMARTS) is 3. The maximum atomic E-state index is 13.2. The van der Waals surface area contributed by atoms with Crippen molar-refractivity contribution in [1.82, 2.24) is 18.9 Å². The first kappa shape index (κ1) is 109. The van der Waals surface area contributed by atoms with Crippen LogP contribution in [0.15, 0.2) is 0 Å². The molecule has 7 saturated heterocycles. The maximum absolute atomic E-state index is 13.2. The van der Waals surface area contributed by atoms with Gasteiger partial charge in [-0.1, -0.05) is 0 Å². The van der Waals surface area contributed by atoms with E-state index in [2.05, 4.69) is 29.3 Å². The third-order valence-electron chi connectivity index (χ3n) is 17.3. The van der Waals surface area contributed by atoms with Crippen molar-refractivity contribution in [3.05, 3.63) is 0 Å². The minimum Gasteiger partial charge on any atom is -0.735 e. The van der Waals surface area contributed by atoms with E-state index in [1.807, 2.05) is 0 Å². The average molecular weight is 2070 g/mol. The van der Waals surface area contributed by atoms with Crippen LogP contribution in [-0.2, 0) is 224 Å². The zero-order valence-corrected chi connectivity index (χ0v) is 69.2. The van der Waals surface area contributed by atoms with Crippen LogP contribution in [0.5, 0.6) is 0 Å². The van der Waals surface area contributed by atoms with Crippen molar-refractivity contribution < 1.29 is 309 Å². The van der Waals surface area contributed by atoms with Gasteiger partial charge in [-0.2, -0.15) is 25.3 Å². The zero-order valence-electron chi connectivity index (χ0n) is 60.2. The molecule has 126 heavy (non-hydrogen) atoms. The summed E-state index contributed by atoms with van der Waals surface area (Å²) in [6.07, 6.45) is -99.9. The highest BCUT2D eigenvalue weighted by molar-refractivity contribution is 7.85. The molecular weight excluding hydrogens is 2010 g/mol. The molecule has 72 nitrogen and oxygen atoms in total. The molecule has 0 spiro atoms. The van der Waals surface area contributed by atoms with E-state index in [1.54, 1.807) is 0 Å². The van der Waals surface area contributed by atoms with Crippen LogP contribution < -0.4 is 34.2 Å². The zero-order chi connectivity index (χ0) is 95.9. The molecule has 35 atom stereocenters. The number of rotatable bonds is 42. The van der Waals surface area contributed by atoms with Gasteiger partial charge in [0.05, 0.1) is 44.3 Å². The molecule has 0 aromatic rings. The molecule has 0 aromatic heterocycles. The van der Waals surface area contributed by atoms with Crippen molar-refractivity contribution in [2.45, 2.75) is 215 Å². The number of hydrogen-bond donors (Lipinski definition) is 15. The van der Waals surface area contributed by atoms with Crippen LogP contribution in [0.25, 0.3) is 0 Å². The summed E-state index contributed by atoms with van der Waals surface area (Å²) in [6.45, 7) is -7.86. The van der Waals surface area contributed by atoms with Gasteiger partial charge in [0.15, 0.2) is 104 Å². The van der Waals surface area contributed by atoms with Crippen LogP contribution in [0.4, 0.5) is 0 Å². The second-order valence-electron chi connectivity index (χ2n) is 25.8. The summed E-state index contributed by atoms with van der Waals surface area (Å²) in [7, 11) is -67.7. The summed E-state index contributed by atoms with van der Waals surface area (Å²) in [5.74, 6) is -8.71. The molecule has 0 bridgehead atoms. The maximum Gasteiger partial charge on any atom is 0.397 e. The van der Waals surface area contributed by atoms with Gasteiger partial charge in [0.2, 0.25) is 41.6 Å². The van der Waals surface area contributed by atoms with E-state index in [0.717, 1.165) is 14.2 Å². The minimum atomic E-state index is -6.52. The Hall–Kier alpha value is -3.90. The Bertz CT molecular complexity index is 5150. The van der Waals surface area contributed by atoms with E-state index in [-0.39, 0.29) is 0 Å². The second kappa shape index (κ2) is 41.5. The van der Waals surface area contributed by atoms with Crippen molar-refractivity contribution in [1.29, 1.82) is 0 Å². The molecular formula is C43H61N4O68S11-11. The lowest BCUT2D eigenvalue weighted by Gasteiger charge is -2.52. The van der Waals surface area contributed by atoms with Gasteiger partial charge in [-0.15, -0.1) is 0 Å². The van der Waals surface area contributed by atoms with Crippen molar-refractivity contribution in [3.8, 4) is 0 Å². The third-order valence-corrected chi connectivity index (χ3v) is 22.6. The normalized spacial score (nSPS) is 39.0. The van der Waals surface area contributed by atoms with Crippen molar-refractivity contribution in [3.63, 3.8) is 0 Å². The quantitative estimate of drug-likeness (QED) is 0.0199. The lowest BCUT2D eigenvalue weighted by molar-refractivity contribution is -0.392. The van der Waals surface area contributed by atoms with Crippen molar-refractivity contribution in [2.24, 2.45) is 0 Å². The Morgan fingerprint density at radius 1 is 0.278 bits per heavy atom. The number of aliphatic hydroxyl groups excluding tert-OH is 8. The van der Waals surface area contributed by atoms with E-state index < -0.39 is 373 Å². The lowest BCUT2D eigenvalue weighted by atomic mass is 9.94. The van der Waals surface area contributed by atoms with E-state index >= 15 is 0 Å². The lowest BCUT2D eigenvalue weighted by Crippen LogP contribution is -2.72. The fourth-order valence-electron chi connectivity index (χ4n) is 12.5. The molecule has 7 fully saturated rings. The van der Waals surface area contributed by atoms with Gasteiger partial charge in [0.25, 0.3) is 0 Å². The Kier molecular flexibility index (Phi) is 36.0. The molecule has 0 saturated carbocycles. The molecule has 7 rings (SSSR count). The largest absolute Gasteiger partial charge is 0.735 e. The van der Waals surface area contributed by atoms with Crippen LogP contribution in [-0.4, -0.2) is 450 Å². The molecule has 83 heteroatoms. The number of carbonyl (C=O) groups excluding carboxylic acids is 3. The molecule has 0 aliphatic carbocycles. The van der Waals surface area contributed by atoms with Gasteiger partial charge in [-0.05, 0) is 0 Å². The summed E-state index contributed by atoms with van der Waals surface area (Å²) in [6, 6.07) is -12.1. The van der Waals surface area contributed by atoms with E-state index in [0.29, 0.717) is 7.11 Å². The molecule has 0 radical (unpaired) electrons. The molecule has 0 unspecified atom stereocenters. The highest BCUT2D eigenvalue weighted by Crippen LogP contribution is 2.41. The number of methoxy groups -OCH3 is 1. The van der Waals surface area contributed by atoms with Gasteiger partial charge in [0, 0.05) is 7.11 Å².